The van der Waals surface area contributed by atoms with E-state index in [4.69, 9.17) is 23.7 Å². The van der Waals surface area contributed by atoms with Crippen molar-refractivity contribution < 1.29 is 38.1 Å². The van der Waals surface area contributed by atoms with Crippen molar-refractivity contribution in [3.63, 3.8) is 0 Å². The zero-order valence-electron chi connectivity index (χ0n) is 16.2. The normalized spacial score (nSPS) is 34.0. The Morgan fingerprint density at radius 3 is 2.67 bits per heavy atom. The molecule has 8 nitrogen and oxygen atoms in total. The maximum absolute atomic E-state index is 12.7. The molecule has 8 heteroatoms. The van der Waals surface area contributed by atoms with Gasteiger partial charge in [-0.15, -0.1) is 0 Å². The van der Waals surface area contributed by atoms with E-state index in [1.165, 1.54) is 20.3 Å². The first-order chi connectivity index (χ1) is 14.4. The first-order valence-electron chi connectivity index (χ1n) is 9.45. The van der Waals surface area contributed by atoms with Crippen molar-refractivity contribution in [2.45, 2.75) is 24.9 Å². The van der Waals surface area contributed by atoms with Crippen molar-refractivity contribution in [2.75, 3.05) is 7.11 Å². The number of allylic oxidation sites excluding steroid dienone is 1. The van der Waals surface area contributed by atoms with Crippen molar-refractivity contribution in [1.82, 2.24) is 0 Å². The molecule has 30 heavy (non-hydrogen) atoms. The molecule has 0 amide bonds. The van der Waals surface area contributed by atoms with E-state index in [0.29, 0.717) is 16.9 Å². The number of rotatable bonds is 3. The maximum Gasteiger partial charge on any atom is 0.337 e. The highest BCUT2D eigenvalue weighted by molar-refractivity contribution is 5.99. The molecule has 0 N–H and O–H groups in total. The molecule has 0 radical (unpaired) electrons. The van der Waals surface area contributed by atoms with Gasteiger partial charge in [-0.2, -0.15) is 0 Å². The van der Waals surface area contributed by atoms with Gasteiger partial charge in [-0.1, -0.05) is 18.2 Å². The van der Waals surface area contributed by atoms with E-state index in [0.717, 1.165) is 5.56 Å². The zero-order chi connectivity index (χ0) is 21.0. The van der Waals surface area contributed by atoms with Crippen molar-refractivity contribution in [2.24, 2.45) is 11.8 Å². The van der Waals surface area contributed by atoms with E-state index in [-0.39, 0.29) is 11.8 Å². The van der Waals surface area contributed by atoms with Crippen LogP contribution in [0.15, 0.2) is 53.8 Å². The van der Waals surface area contributed by atoms with Gasteiger partial charge in [0.2, 0.25) is 6.29 Å². The molecule has 1 spiro atoms. The van der Waals surface area contributed by atoms with Crippen LogP contribution in [0, 0.1) is 11.8 Å². The standard InChI is InChI=1S/C22H18O8/c1-11(23)28-13-5-3-12(4-6-13)9-15-18-22(30-20(15)25)8-7-14-16(19(24)26-2)10-27-21(29-18)17(14)22/h3-10,14,17-18,21H,1-2H3/b15-9-/t14-,17-,18+,21-,22+/m1/s1. The second-order valence-corrected chi connectivity index (χ2v) is 7.50. The topological polar surface area (TPSA) is 97.4 Å². The molecule has 1 aromatic carbocycles. The lowest BCUT2D eigenvalue weighted by Gasteiger charge is -2.32. The van der Waals surface area contributed by atoms with Gasteiger partial charge >= 0.3 is 17.9 Å². The van der Waals surface area contributed by atoms with Crippen molar-refractivity contribution in [3.8, 4) is 5.75 Å². The largest absolute Gasteiger partial charge is 0.471 e. The third-order valence-corrected chi connectivity index (χ3v) is 5.81. The molecule has 3 aliphatic heterocycles. The maximum atomic E-state index is 12.7. The average molecular weight is 410 g/mol. The average Bonchev–Trinajstić information content (AvgIpc) is 3.33. The second kappa shape index (κ2) is 6.56. The van der Waals surface area contributed by atoms with E-state index in [1.807, 2.05) is 6.08 Å². The number of esters is 3. The highest BCUT2D eigenvalue weighted by atomic mass is 16.7. The lowest BCUT2D eigenvalue weighted by molar-refractivity contribution is -0.152. The lowest BCUT2D eigenvalue weighted by Crippen LogP contribution is -2.43. The molecule has 4 aliphatic rings. The molecule has 0 unspecified atom stereocenters. The summed E-state index contributed by atoms with van der Waals surface area (Å²) < 4.78 is 27.4. The summed E-state index contributed by atoms with van der Waals surface area (Å²) in [4.78, 5) is 35.9. The monoisotopic (exact) mass is 410 g/mol. The Bertz CT molecular complexity index is 1030. The van der Waals surface area contributed by atoms with Crippen LogP contribution >= 0.6 is 0 Å². The Morgan fingerprint density at radius 2 is 1.97 bits per heavy atom. The van der Waals surface area contributed by atoms with Crippen molar-refractivity contribution >= 4 is 24.0 Å². The van der Waals surface area contributed by atoms with Crippen LogP contribution in [0.4, 0.5) is 0 Å². The predicted molar refractivity (Wildman–Crippen MR) is 101 cm³/mol. The molecule has 154 valence electrons. The van der Waals surface area contributed by atoms with Crippen LogP contribution < -0.4 is 4.74 Å². The van der Waals surface area contributed by atoms with Crippen LogP contribution in [0.2, 0.25) is 0 Å². The van der Waals surface area contributed by atoms with E-state index >= 15 is 0 Å². The summed E-state index contributed by atoms with van der Waals surface area (Å²) >= 11 is 0. The molecular weight excluding hydrogens is 392 g/mol. The van der Waals surface area contributed by atoms with Crippen LogP contribution in [0.1, 0.15) is 12.5 Å². The Labute approximate surface area is 171 Å². The number of methoxy groups -OCH3 is 1. The SMILES string of the molecule is COC(=O)C1=CO[C@@H]2O[C@H]3/C(=C/c4ccc(OC(C)=O)cc4)C(=O)O[C@]34C=C[C@H]1[C@H]24. The molecular formula is C22H18O8. The fourth-order valence-electron chi connectivity index (χ4n) is 4.58. The number of ether oxygens (including phenoxy) is 5. The van der Waals surface area contributed by atoms with Crippen LogP contribution in [-0.4, -0.2) is 43.0 Å². The molecule has 0 saturated carbocycles. The number of carbonyl (C=O) groups is 3. The third-order valence-electron chi connectivity index (χ3n) is 5.81. The first-order valence-corrected chi connectivity index (χ1v) is 9.45. The van der Waals surface area contributed by atoms with E-state index in [1.54, 1.807) is 36.4 Å². The van der Waals surface area contributed by atoms with Gasteiger partial charge in [-0.3, -0.25) is 4.79 Å². The second-order valence-electron chi connectivity index (χ2n) is 7.50. The van der Waals surface area contributed by atoms with Gasteiger partial charge in [0.1, 0.15) is 11.9 Å². The summed E-state index contributed by atoms with van der Waals surface area (Å²) in [7, 11) is 1.31. The van der Waals surface area contributed by atoms with Gasteiger partial charge in [0.05, 0.1) is 30.4 Å². The fraction of sp³-hybridized carbons (Fsp3) is 0.318. The van der Waals surface area contributed by atoms with Gasteiger partial charge in [0.25, 0.3) is 0 Å². The van der Waals surface area contributed by atoms with Crippen LogP contribution in [0.5, 0.6) is 5.75 Å². The van der Waals surface area contributed by atoms with Crippen LogP contribution in [0.25, 0.3) is 6.08 Å². The number of benzene rings is 1. The predicted octanol–water partition coefficient (Wildman–Crippen LogP) is 1.91. The molecule has 3 heterocycles. The quantitative estimate of drug-likeness (QED) is 0.323. The van der Waals surface area contributed by atoms with Gasteiger partial charge in [-0.25, -0.2) is 9.59 Å². The Balaban J connectivity index is 1.45. The summed E-state index contributed by atoms with van der Waals surface area (Å²) in [5, 5.41) is 0. The summed E-state index contributed by atoms with van der Waals surface area (Å²) in [6.45, 7) is 1.33. The van der Waals surface area contributed by atoms with Crippen molar-refractivity contribution in [1.29, 1.82) is 0 Å². The number of hydrogen-bond acceptors (Lipinski definition) is 8. The minimum atomic E-state index is -1.02. The van der Waals surface area contributed by atoms with Crippen molar-refractivity contribution in [3.05, 3.63) is 59.4 Å². The van der Waals surface area contributed by atoms with Gasteiger partial charge in [-0.05, 0) is 29.8 Å². The molecule has 2 saturated heterocycles. The number of carbonyl (C=O) groups excluding carboxylic acids is 3. The molecule has 1 aromatic rings. The Hall–Kier alpha value is -3.39. The van der Waals surface area contributed by atoms with E-state index < -0.39 is 35.9 Å². The van der Waals surface area contributed by atoms with Crippen LogP contribution in [-0.2, 0) is 33.3 Å². The lowest BCUT2D eigenvalue weighted by atomic mass is 9.78. The van der Waals surface area contributed by atoms with E-state index in [9.17, 15) is 14.4 Å². The first kappa shape index (κ1) is 18.6. The minimum absolute atomic E-state index is 0.323. The van der Waals surface area contributed by atoms with Gasteiger partial charge in [0, 0.05) is 12.8 Å². The number of hydrogen-bond donors (Lipinski definition) is 0. The minimum Gasteiger partial charge on any atom is -0.471 e. The molecule has 2 fully saturated rings. The molecule has 1 aliphatic carbocycles. The summed E-state index contributed by atoms with van der Waals surface area (Å²) in [5.41, 5.74) is 0.425. The molecule has 0 aromatic heterocycles. The summed E-state index contributed by atoms with van der Waals surface area (Å²) in [5.74, 6) is -1.67. The third kappa shape index (κ3) is 2.60. The van der Waals surface area contributed by atoms with Gasteiger partial charge in [0.15, 0.2) is 5.60 Å². The van der Waals surface area contributed by atoms with Crippen LogP contribution in [0.3, 0.4) is 0 Å². The smallest absolute Gasteiger partial charge is 0.337 e. The Morgan fingerprint density at radius 1 is 1.20 bits per heavy atom. The molecule has 5 atom stereocenters. The highest BCUT2D eigenvalue weighted by Gasteiger charge is 2.70. The highest BCUT2D eigenvalue weighted by Crippen LogP contribution is 2.58. The summed E-state index contributed by atoms with van der Waals surface area (Å²) in [6.07, 6.45) is 5.38. The summed E-state index contributed by atoms with van der Waals surface area (Å²) in [6, 6.07) is 6.74. The Kier molecular flexibility index (Phi) is 4.08. The van der Waals surface area contributed by atoms with E-state index in [2.05, 4.69) is 0 Å². The fourth-order valence-corrected chi connectivity index (χ4v) is 4.58. The zero-order valence-corrected chi connectivity index (χ0v) is 16.2. The van der Waals surface area contributed by atoms with Gasteiger partial charge < -0.3 is 23.7 Å². The molecule has 0 bridgehead atoms. The molecule has 5 rings (SSSR count).